The molecular weight excluding hydrogens is 307 g/mol. The van der Waals surface area contributed by atoms with E-state index in [0.717, 1.165) is 12.1 Å². The second-order valence-electron chi connectivity index (χ2n) is 5.62. The molecule has 2 nitrogen and oxygen atoms in total. The third-order valence-corrected chi connectivity index (χ3v) is 4.71. The van der Waals surface area contributed by atoms with Crippen molar-refractivity contribution in [1.82, 2.24) is 4.90 Å². The van der Waals surface area contributed by atoms with E-state index < -0.39 is 0 Å². The Kier molecular flexibility index (Phi) is 4.98. The standard InChI is InChI=1S/C15H22BrFN2/c1-10(2)14-4-3-7-19(14)15(9-18)11-5-6-12(16)13(17)8-11/h5-6,8,10,14-15H,3-4,7,9,18H2,1-2H3. The smallest absolute Gasteiger partial charge is 0.137 e. The molecule has 2 unspecified atom stereocenters. The second kappa shape index (κ2) is 6.33. The van der Waals surface area contributed by atoms with Crippen molar-refractivity contribution in [2.24, 2.45) is 11.7 Å². The summed E-state index contributed by atoms with van der Waals surface area (Å²) in [5.74, 6) is 0.396. The van der Waals surface area contributed by atoms with Crippen molar-refractivity contribution in [3.8, 4) is 0 Å². The van der Waals surface area contributed by atoms with Crippen LogP contribution in [-0.2, 0) is 0 Å². The Balaban J connectivity index is 2.26. The summed E-state index contributed by atoms with van der Waals surface area (Å²) in [4.78, 5) is 2.45. The van der Waals surface area contributed by atoms with Crippen LogP contribution in [0.1, 0.15) is 38.3 Å². The number of nitrogens with zero attached hydrogens (tertiary/aromatic N) is 1. The van der Waals surface area contributed by atoms with Gasteiger partial charge in [0.05, 0.1) is 4.47 Å². The first kappa shape index (κ1) is 14.9. The molecule has 0 bridgehead atoms. The molecule has 2 atom stereocenters. The van der Waals surface area contributed by atoms with E-state index in [1.807, 2.05) is 6.07 Å². The molecule has 1 heterocycles. The lowest BCUT2D eigenvalue weighted by Gasteiger charge is -2.34. The van der Waals surface area contributed by atoms with E-state index in [2.05, 4.69) is 34.7 Å². The van der Waals surface area contributed by atoms with Crippen molar-refractivity contribution >= 4 is 15.9 Å². The molecule has 0 spiro atoms. The predicted octanol–water partition coefficient (Wildman–Crippen LogP) is 3.71. The molecule has 2 rings (SSSR count). The molecule has 4 heteroatoms. The van der Waals surface area contributed by atoms with Gasteiger partial charge in [0.15, 0.2) is 0 Å². The highest BCUT2D eigenvalue weighted by atomic mass is 79.9. The lowest BCUT2D eigenvalue weighted by molar-refractivity contribution is 0.149. The monoisotopic (exact) mass is 328 g/mol. The Morgan fingerprint density at radius 1 is 1.47 bits per heavy atom. The van der Waals surface area contributed by atoms with Crippen LogP contribution in [0.3, 0.4) is 0 Å². The quantitative estimate of drug-likeness (QED) is 0.912. The molecule has 106 valence electrons. The summed E-state index contributed by atoms with van der Waals surface area (Å²) in [6, 6.07) is 6.03. The van der Waals surface area contributed by atoms with Crippen molar-refractivity contribution in [1.29, 1.82) is 0 Å². The van der Waals surface area contributed by atoms with Gasteiger partial charge in [-0.1, -0.05) is 19.9 Å². The first-order valence-electron chi connectivity index (χ1n) is 6.95. The van der Waals surface area contributed by atoms with Crippen LogP contribution in [0.25, 0.3) is 0 Å². The fourth-order valence-corrected chi connectivity index (χ4v) is 3.35. The van der Waals surface area contributed by atoms with Gasteiger partial charge in [-0.3, -0.25) is 4.90 Å². The molecule has 0 amide bonds. The highest BCUT2D eigenvalue weighted by Crippen LogP contribution is 2.33. The molecule has 2 N–H and O–H groups in total. The maximum Gasteiger partial charge on any atom is 0.137 e. The zero-order valence-electron chi connectivity index (χ0n) is 11.6. The van der Waals surface area contributed by atoms with Gasteiger partial charge in [0.2, 0.25) is 0 Å². The minimum atomic E-state index is -0.212. The normalized spacial score (nSPS) is 22.1. The molecule has 19 heavy (non-hydrogen) atoms. The molecule has 1 aromatic rings. The van der Waals surface area contributed by atoms with E-state index >= 15 is 0 Å². The molecule has 1 aliphatic rings. The average Bonchev–Trinajstić information content (AvgIpc) is 2.84. The Labute approximate surface area is 123 Å². The molecule has 0 aliphatic carbocycles. The molecule has 0 saturated carbocycles. The Bertz CT molecular complexity index is 436. The molecule has 1 fully saturated rings. The van der Waals surface area contributed by atoms with E-state index in [9.17, 15) is 4.39 Å². The lowest BCUT2D eigenvalue weighted by Crippen LogP contribution is -2.40. The molecule has 1 saturated heterocycles. The van der Waals surface area contributed by atoms with Crippen molar-refractivity contribution in [3.63, 3.8) is 0 Å². The van der Waals surface area contributed by atoms with Crippen LogP contribution in [0.2, 0.25) is 0 Å². The van der Waals surface area contributed by atoms with Crippen LogP contribution >= 0.6 is 15.9 Å². The fraction of sp³-hybridized carbons (Fsp3) is 0.600. The first-order chi connectivity index (χ1) is 9.04. The molecule has 1 aromatic carbocycles. The minimum absolute atomic E-state index is 0.123. The van der Waals surface area contributed by atoms with E-state index in [0.29, 0.717) is 23.0 Å². The summed E-state index contributed by atoms with van der Waals surface area (Å²) < 4.78 is 14.2. The average molecular weight is 329 g/mol. The number of benzene rings is 1. The van der Waals surface area contributed by atoms with E-state index in [1.54, 1.807) is 12.1 Å². The lowest BCUT2D eigenvalue weighted by atomic mass is 9.98. The van der Waals surface area contributed by atoms with E-state index in [1.165, 1.54) is 12.8 Å². The van der Waals surface area contributed by atoms with Crippen LogP contribution in [0.5, 0.6) is 0 Å². The summed E-state index contributed by atoms with van der Waals surface area (Å²) in [5.41, 5.74) is 6.94. The van der Waals surface area contributed by atoms with Gasteiger partial charge in [0.1, 0.15) is 5.82 Å². The Morgan fingerprint density at radius 3 is 2.79 bits per heavy atom. The van der Waals surface area contributed by atoms with Crippen molar-refractivity contribution in [3.05, 3.63) is 34.1 Å². The largest absolute Gasteiger partial charge is 0.329 e. The highest BCUT2D eigenvalue weighted by Gasteiger charge is 2.32. The van der Waals surface area contributed by atoms with E-state index in [-0.39, 0.29) is 11.9 Å². The summed E-state index contributed by atoms with van der Waals surface area (Å²) in [5, 5.41) is 0. The highest BCUT2D eigenvalue weighted by molar-refractivity contribution is 9.10. The van der Waals surface area contributed by atoms with Crippen molar-refractivity contribution in [2.75, 3.05) is 13.1 Å². The predicted molar refractivity (Wildman–Crippen MR) is 80.5 cm³/mol. The maximum atomic E-state index is 13.7. The SMILES string of the molecule is CC(C)C1CCCN1C(CN)c1ccc(Br)c(F)c1. The van der Waals surface area contributed by atoms with Gasteiger partial charge < -0.3 is 5.73 Å². The van der Waals surface area contributed by atoms with Crippen LogP contribution in [0.4, 0.5) is 4.39 Å². The van der Waals surface area contributed by atoms with E-state index in [4.69, 9.17) is 5.73 Å². The topological polar surface area (TPSA) is 29.3 Å². The van der Waals surface area contributed by atoms with Gasteiger partial charge in [0, 0.05) is 18.6 Å². The van der Waals surface area contributed by atoms with Gasteiger partial charge in [-0.2, -0.15) is 0 Å². The third kappa shape index (κ3) is 3.18. The third-order valence-electron chi connectivity index (χ3n) is 4.06. The van der Waals surface area contributed by atoms with Crippen LogP contribution < -0.4 is 5.73 Å². The summed E-state index contributed by atoms with van der Waals surface area (Å²) in [6.45, 7) is 6.09. The second-order valence-corrected chi connectivity index (χ2v) is 6.47. The van der Waals surface area contributed by atoms with Gasteiger partial charge in [-0.15, -0.1) is 0 Å². The zero-order chi connectivity index (χ0) is 14.0. The molecule has 0 radical (unpaired) electrons. The van der Waals surface area contributed by atoms with Crippen LogP contribution in [0, 0.1) is 11.7 Å². The van der Waals surface area contributed by atoms with Gasteiger partial charge >= 0.3 is 0 Å². The summed E-state index contributed by atoms with van der Waals surface area (Å²) in [6.07, 6.45) is 2.42. The number of rotatable bonds is 4. The molecule has 1 aliphatic heterocycles. The maximum absolute atomic E-state index is 13.7. The van der Waals surface area contributed by atoms with Crippen molar-refractivity contribution < 1.29 is 4.39 Å². The Morgan fingerprint density at radius 2 is 2.21 bits per heavy atom. The number of halogens is 2. The number of nitrogens with two attached hydrogens (primary N) is 1. The van der Waals surface area contributed by atoms with Crippen LogP contribution in [0.15, 0.2) is 22.7 Å². The van der Waals surface area contributed by atoms with Gasteiger partial charge in [0.25, 0.3) is 0 Å². The number of hydrogen-bond acceptors (Lipinski definition) is 2. The number of likely N-dealkylation sites (tertiary alicyclic amines) is 1. The van der Waals surface area contributed by atoms with Crippen LogP contribution in [-0.4, -0.2) is 24.0 Å². The molecular formula is C15H22BrFN2. The summed E-state index contributed by atoms with van der Waals surface area (Å²) >= 11 is 3.20. The zero-order valence-corrected chi connectivity index (χ0v) is 13.2. The minimum Gasteiger partial charge on any atom is -0.329 e. The fourth-order valence-electron chi connectivity index (χ4n) is 3.10. The number of hydrogen-bond donors (Lipinski definition) is 1. The van der Waals surface area contributed by atoms with Gasteiger partial charge in [-0.25, -0.2) is 4.39 Å². The van der Waals surface area contributed by atoms with Gasteiger partial charge in [-0.05, 0) is 58.9 Å². The molecule has 0 aromatic heterocycles. The first-order valence-corrected chi connectivity index (χ1v) is 7.74. The summed E-state index contributed by atoms with van der Waals surface area (Å²) in [7, 11) is 0. The van der Waals surface area contributed by atoms with Crippen molar-refractivity contribution in [2.45, 2.75) is 38.8 Å². The Hall–Kier alpha value is -0.450.